The van der Waals surface area contributed by atoms with Gasteiger partial charge in [-0.1, -0.05) is 57.1 Å². The maximum absolute atomic E-state index is 3.57. The first-order valence-electron chi connectivity index (χ1n) is 10.3. The molecular formula is C24H34. The molecule has 0 spiro atoms. The summed E-state index contributed by atoms with van der Waals surface area (Å²) in [4.78, 5) is 0. The van der Waals surface area contributed by atoms with Crippen molar-refractivity contribution < 1.29 is 0 Å². The summed E-state index contributed by atoms with van der Waals surface area (Å²) in [6.45, 7) is 4.66. The average Bonchev–Trinajstić information content (AvgIpc) is 2.63. The van der Waals surface area contributed by atoms with Crippen LogP contribution in [0, 0.1) is 35.5 Å². The molecule has 0 nitrogen and oxygen atoms in total. The van der Waals surface area contributed by atoms with Crippen molar-refractivity contribution in [2.45, 2.75) is 78.1 Å². The standard InChI is InChI=1S/C24H34/c1-3-4-20-7-9-21(10-8-20)11-12-22-13-17-24(18-14-22)23-15-5-19(2)6-16-23/h7-10,19,22-24H,3-6,13-18H2,1-2H3/t19-,22?,23-,24?. The van der Waals surface area contributed by atoms with Crippen LogP contribution in [0.15, 0.2) is 24.3 Å². The predicted molar refractivity (Wildman–Crippen MR) is 104 cm³/mol. The van der Waals surface area contributed by atoms with E-state index >= 15 is 0 Å². The van der Waals surface area contributed by atoms with Crippen molar-refractivity contribution in [2.75, 3.05) is 0 Å². The second-order valence-electron chi connectivity index (χ2n) is 8.35. The molecule has 0 atom stereocenters. The largest absolute Gasteiger partial charge is 0.0945 e. The zero-order chi connectivity index (χ0) is 16.8. The summed E-state index contributed by atoms with van der Waals surface area (Å²) < 4.78 is 0. The Morgan fingerprint density at radius 2 is 1.42 bits per heavy atom. The summed E-state index contributed by atoms with van der Waals surface area (Å²) in [6, 6.07) is 8.89. The van der Waals surface area contributed by atoms with E-state index in [0.717, 1.165) is 17.8 Å². The van der Waals surface area contributed by atoms with Gasteiger partial charge in [-0.05, 0) is 80.4 Å². The van der Waals surface area contributed by atoms with Crippen molar-refractivity contribution >= 4 is 0 Å². The molecule has 3 rings (SSSR count). The van der Waals surface area contributed by atoms with Crippen LogP contribution in [0.1, 0.15) is 82.8 Å². The van der Waals surface area contributed by atoms with Crippen LogP contribution in [0.25, 0.3) is 0 Å². The topological polar surface area (TPSA) is 0 Å². The number of benzene rings is 1. The highest BCUT2D eigenvalue weighted by atomic mass is 14.3. The van der Waals surface area contributed by atoms with Gasteiger partial charge in [0.1, 0.15) is 0 Å². The van der Waals surface area contributed by atoms with Gasteiger partial charge in [-0.25, -0.2) is 0 Å². The molecule has 0 heteroatoms. The Bertz CT molecular complexity index is 540. The van der Waals surface area contributed by atoms with Crippen LogP contribution in [0.2, 0.25) is 0 Å². The lowest BCUT2D eigenvalue weighted by Crippen LogP contribution is -2.24. The van der Waals surface area contributed by atoms with Crippen molar-refractivity contribution in [2.24, 2.45) is 23.7 Å². The fraction of sp³-hybridized carbons (Fsp3) is 0.667. The predicted octanol–water partition coefficient (Wildman–Crippen LogP) is 6.62. The van der Waals surface area contributed by atoms with Gasteiger partial charge in [0.05, 0.1) is 0 Å². The van der Waals surface area contributed by atoms with E-state index in [-0.39, 0.29) is 0 Å². The van der Waals surface area contributed by atoms with Gasteiger partial charge < -0.3 is 0 Å². The first-order valence-corrected chi connectivity index (χ1v) is 10.3. The van der Waals surface area contributed by atoms with Crippen molar-refractivity contribution in [3.63, 3.8) is 0 Å². The van der Waals surface area contributed by atoms with Crippen LogP contribution < -0.4 is 0 Å². The summed E-state index contributed by atoms with van der Waals surface area (Å²) in [7, 11) is 0. The Morgan fingerprint density at radius 3 is 2.00 bits per heavy atom. The van der Waals surface area contributed by atoms with Crippen molar-refractivity contribution in [1.82, 2.24) is 0 Å². The lowest BCUT2D eigenvalue weighted by Gasteiger charge is -2.36. The van der Waals surface area contributed by atoms with Gasteiger partial charge in [0, 0.05) is 11.5 Å². The van der Waals surface area contributed by atoms with Crippen LogP contribution in [0.4, 0.5) is 0 Å². The normalized spacial score (nSPS) is 30.4. The van der Waals surface area contributed by atoms with Gasteiger partial charge in [0.15, 0.2) is 0 Å². The molecule has 0 heterocycles. The number of aryl methyl sites for hydroxylation is 1. The Morgan fingerprint density at radius 1 is 0.833 bits per heavy atom. The zero-order valence-corrected chi connectivity index (χ0v) is 15.7. The molecule has 0 amide bonds. The van der Waals surface area contributed by atoms with Crippen LogP contribution in [-0.4, -0.2) is 0 Å². The van der Waals surface area contributed by atoms with Crippen LogP contribution in [0.3, 0.4) is 0 Å². The summed E-state index contributed by atoms with van der Waals surface area (Å²) in [5, 5.41) is 0. The van der Waals surface area contributed by atoms with E-state index in [1.165, 1.54) is 75.3 Å². The average molecular weight is 323 g/mol. The third-order valence-corrected chi connectivity index (χ3v) is 6.41. The van der Waals surface area contributed by atoms with Gasteiger partial charge in [0.2, 0.25) is 0 Å². The summed E-state index contributed by atoms with van der Waals surface area (Å²) in [5.74, 6) is 10.7. The molecule has 0 bridgehead atoms. The molecule has 0 radical (unpaired) electrons. The summed E-state index contributed by atoms with van der Waals surface area (Å²) in [6.07, 6.45) is 13.8. The molecule has 2 aliphatic rings. The highest BCUT2D eigenvalue weighted by molar-refractivity contribution is 5.36. The molecule has 2 aliphatic carbocycles. The third-order valence-electron chi connectivity index (χ3n) is 6.41. The van der Waals surface area contributed by atoms with Crippen LogP contribution in [0.5, 0.6) is 0 Å². The molecule has 0 aliphatic heterocycles. The van der Waals surface area contributed by atoms with Crippen LogP contribution in [-0.2, 0) is 6.42 Å². The van der Waals surface area contributed by atoms with Crippen molar-refractivity contribution in [3.8, 4) is 11.8 Å². The first kappa shape index (κ1) is 17.6. The SMILES string of the molecule is CCCc1ccc(C#CC2CCC([C@H]3CC[C@H](C)CC3)CC2)cc1. The van der Waals surface area contributed by atoms with Gasteiger partial charge in [-0.3, -0.25) is 0 Å². The minimum Gasteiger partial charge on any atom is -0.0945 e. The molecule has 24 heavy (non-hydrogen) atoms. The molecule has 2 saturated carbocycles. The maximum Gasteiger partial charge on any atom is 0.0245 e. The van der Waals surface area contributed by atoms with E-state index in [1.807, 2.05) is 0 Å². The van der Waals surface area contributed by atoms with Gasteiger partial charge in [-0.2, -0.15) is 0 Å². The van der Waals surface area contributed by atoms with Gasteiger partial charge in [-0.15, -0.1) is 0 Å². The second kappa shape index (κ2) is 8.75. The van der Waals surface area contributed by atoms with E-state index in [1.54, 1.807) is 0 Å². The Kier molecular flexibility index (Phi) is 6.42. The lowest BCUT2D eigenvalue weighted by molar-refractivity contribution is 0.162. The Hall–Kier alpha value is -1.22. The van der Waals surface area contributed by atoms with E-state index in [4.69, 9.17) is 0 Å². The quantitative estimate of drug-likeness (QED) is 0.548. The summed E-state index contributed by atoms with van der Waals surface area (Å²) in [5.41, 5.74) is 2.63. The molecule has 1 aromatic carbocycles. The van der Waals surface area contributed by atoms with Gasteiger partial charge >= 0.3 is 0 Å². The van der Waals surface area contributed by atoms with Crippen molar-refractivity contribution in [1.29, 1.82) is 0 Å². The number of hydrogen-bond donors (Lipinski definition) is 0. The molecule has 130 valence electrons. The second-order valence-corrected chi connectivity index (χ2v) is 8.35. The van der Waals surface area contributed by atoms with E-state index in [2.05, 4.69) is 50.0 Å². The number of hydrogen-bond acceptors (Lipinski definition) is 0. The van der Waals surface area contributed by atoms with E-state index in [9.17, 15) is 0 Å². The van der Waals surface area contributed by atoms with E-state index in [0.29, 0.717) is 5.92 Å². The zero-order valence-electron chi connectivity index (χ0n) is 15.7. The maximum atomic E-state index is 3.57. The molecule has 0 aromatic heterocycles. The van der Waals surface area contributed by atoms with Gasteiger partial charge in [0.25, 0.3) is 0 Å². The minimum atomic E-state index is 0.638. The number of rotatable bonds is 3. The monoisotopic (exact) mass is 322 g/mol. The van der Waals surface area contributed by atoms with Crippen LogP contribution >= 0.6 is 0 Å². The van der Waals surface area contributed by atoms with E-state index < -0.39 is 0 Å². The Balaban J connectivity index is 1.47. The highest BCUT2D eigenvalue weighted by Crippen LogP contribution is 2.41. The molecule has 1 aromatic rings. The van der Waals surface area contributed by atoms with Crippen molar-refractivity contribution in [3.05, 3.63) is 35.4 Å². The lowest BCUT2D eigenvalue weighted by atomic mass is 9.69. The minimum absolute atomic E-state index is 0.638. The molecule has 2 fully saturated rings. The fourth-order valence-electron chi connectivity index (χ4n) is 4.72. The molecule has 0 saturated heterocycles. The molecule has 0 N–H and O–H groups in total. The smallest absolute Gasteiger partial charge is 0.0245 e. The molecule has 0 unspecified atom stereocenters. The fourth-order valence-corrected chi connectivity index (χ4v) is 4.72. The summed E-state index contributed by atoms with van der Waals surface area (Å²) >= 11 is 0. The first-order chi connectivity index (χ1) is 11.7. The Labute approximate surface area is 149 Å². The highest BCUT2D eigenvalue weighted by Gasteiger charge is 2.29. The molecular weight excluding hydrogens is 288 g/mol. The third kappa shape index (κ3) is 4.89.